The van der Waals surface area contributed by atoms with Crippen LogP contribution < -0.4 is 5.73 Å². The number of fused-ring (bicyclic) bond motifs is 1. The van der Waals surface area contributed by atoms with E-state index in [9.17, 15) is 9.59 Å². The smallest absolute Gasteiger partial charge is 0.256 e. The fraction of sp³-hybridized carbons (Fsp3) is 0.389. The van der Waals surface area contributed by atoms with Gasteiger partial charge in [0.05, 0.1) is 23.3 Å². The van der Waals surface area contributed by atoms with Crippen molar-refractivity contribution in [1.29, 1.82) is 0 Å². The average molecular weight is 313 g/mol. The van der Waals surface area contributed by atoms with Gasteiger partial charge in [0.15, 0.2) is 0 Å². The van der Waals surface area contributed by atoms with E-state index in [0.717, 1.165) is 29.3 Å². The lowest BCUT2D eigenvalue weighted by atomic mass is 10.1. The zero-order valence-electron chi connectivity index (χ0n) is 13.9. The fourth-order valence-corrected chi connectivity index (χ4v) is 2.57. The number of amides is 2. The second-order valence-corrected chi connectivity index (χ2v) is 5.86. The summed E-state index contributed by atoms with van der Waals surface area (Å²) in [4.78, 5) is 30.1. The van der Waals surface area contributed by atoms with Crippen LogP contribution in [-0.2, 0) is 4.79 Å². The third-order valence-corrected chi connectivity index (χ3v) is 3.81. The average Bonchev–Trinajstić information content (AvgIpc) is 2.50. The molecular weight excluding hydrogens is 290 g/mol. The first-order valence-electron chi connectivity index (χ1n) is 7.88. The molecule has 2 rings (SSSR count). The van der Waals surface area contributed by atoms with E-state index < -0.39 is 5.91 Å². The summed E-state index contributed by atoms with van der Waals surface area (Å²) in [6.07, 6.45) is 1.77. The number of nitrogens with two attached hydrogens (primary N) is 1. The van der Waals surface area contributed by atoms with Crippen LogP contribution in [0.1, 0.15) is 41.4 Å². The van der Waals surface area contributed by atoms with Crippen LogP contribution in [0.15, 0.2) is 24.3 Å². The lowest BCUT2D eigenvalue weighted by molar-refractivity contribution is -0.118. The first-order chi connectivity index (χ1) is 10.9. The van der Waals surface area contributed by atoms with Crippen molar-refractivity contribution in [2.75, 3.05) is 13.1 Å². The van der Waals surface area contributed by atoms with Gasteiger partial charge in [0.1, 0.15) is 0 Å². The third kappa shape index (κ3) is 4.06. The van der Waals surface area contributed by atoms with Crippen molar-refractivity contribution in [3.8, 4) is 0 Å². The van der Waals surface area contributed by atoms with Crippen LogP contribution in [0.2, 0.25) is 0 Å². The molecule has 1 heterocycles. The van der Waals surface area contributed by atoms with E-state index in [1.165, 1.54) is 4.90 Å². The van der Waals surface area contributed by atoms with E-state index in [1.807, 2.05) is 45.0 Å². The number of rotatable bonds is 6. The van der Waals surface area contributed by atoms with Gasteiger partial charge in [0.25, 0.3) is 5.91 Å². The Bertz CT molecular complexity index is 740. The van der Waals surface area contributed by atoms with Gasteiger partial charge >= 0.3 is 0 Å². The van der Waals surface area contributed by atoms with Crippen LogP contribution in [0.25, 0.3) is 10.9 Å². The van der Waals surface area contributed by atoms with Crippen LogP contribution in [0.4, 0.5) is 0 Å². The van der Waals surface area contributed by atoms with Crippen molar-refractivity contribution < 1.29 is 9.59 Å². The van der Waals surface area contributed by atoms with E-state index in [1.54, 1.807) is 0 Å². The Morgan fingerprint density at radius 3 is 2.61 bits per heavy atom. The first kappa shape index (κ1) is 16.9. The number of primary amides is 1. The number of carbonyl (C=O) groups is 2. The molecule has 0 saturated heterocycles. The molecule has 0 aliphatic carbocycles. The summed E-state index contributed by atoms with van der Waals surface area (Å²) < 4.78 is 0. The van der Waals surface area contributed by atoms with Gasteiger partial charge in [-0.05, 0) is 38.5 Å². The van der Waals surface area contributed by atoms with Gasteiger partial charge in [0, 0.05) is 11.9 Å². The number of nitrogens with zero attached hydrogens (tertiary/aromatic N) is 2. The van der Waals surface area contributed by atoms with E-state index >= 15 is 0 Å². The number of unbranched alkanes of at least 4 members (excludes halogenated alkanes) is 1. The van der Waals surface area contributed by atoms with Crippen LogP contribution in [-0.4, -0.2) is 34.8 Å². The Labute approximate surface area is 136 Å². The summed E-state index contributed by atoms with van der Waals surface area (Å²) in [5, 5.41) is 0.925. The molecule has 0 unspecified atom stereocenters. The highest BCUT2D eigenvalue weighted by molar-refractivity contribution is 6.00. The van der Waals surface area contributed by atoms with Gasteiger partial charge < -0.3 is 10.6 Å². The van der Waals surface area contributed by atoms with E-state index in [2.05, 4.69) is 4.98 Å². The molecule has 23 heavy (non-hydrogen) atoms. The lowest BCUT2D eigenvalue weighted by Gasteiger charge is -2.22. The summed E-state index contributed by atoms with van der Waals surface area (Å²) in [5.74, 6) is -0.692. The summed E-state index contributed by atoms with van der Waals surface area (Å²) >= 11 is 0. The number of hydrogen-bond acceptors (Lipinski definition) is 3. The van der Waals surface area contributed by atoms with Crippen molar-refractivity contribution in [3.63, 3.8) is 0 Å². The Kier molecular flexibility index (Phi) is 5.32. The van der Waals surface area contributed by atoms with Crippen molar-refractivity contribution in [1.82, 2.24) is 9.88 Å². The molecule has 2 aromatic rings. The molecule has 1 aromatic carbocycles. The molecule has 0 radical (unpaired) electrons. The first-order valence-corrected chi connectivity index (χ1v) is 7.88. The van der Waals surface area contributed by atoms with Crippen LogP contribution in [0.3, 0.4) is 0 Å². The number of benzene rings is 1. The zero-order valence-corrected chi connectivity index (χ0v) is 13.9. The molecule has 0 fully saturated rings. The van der Waals surface area contributed by atoms with Crippen LogP contribution >= 0.6 is 0 Å². The molecule has 122 valence electrons. The number of pyridine rings is 1. The second kappa shape index (κ2) is 7.22. The van der Waals surface area contributed by atoms with E-state index in [-0.39, 0.29) is 12.5 Å². The van der Waals surface area contributed by atoms with Crippen LogP contribution in [0, 0.1) is 13.8 Å². The minimum atomic E-state index is -0.503. The molecule has 5 heteroatoms. The molecule has 0 spiro atoms. The third-order valence-electron chi connectivity index (χ3n) is 3.81. The highest BCUT2D eigenvalue weighted by atomic mass is 16.2. The minimum absolute atomic E-state index is 0.0653. The summed E-state index contributed by atoms with van der Waals surface area (Å²) in [5.41, 5.74) is 8.45. The maximum atomic E-state index is 12.8. The van der Waals surface area contributed by atoms with Crippen LogP contribution in [0.5, 0.6) is 0 Å². The number of aromatic nitrogens is 1. The number of aryl methyl sites for hydroxylation is 2. The largest absolute Gasteiger partial charge is 0.368 e. The maximum Gasteiger partial charge on any atom is 0.256 e. The Morgan fingerprint density at radius 1 is 1.22 bits per heavy atom. The zero-order chi connectivity index (χ0) is 17.0. The SMILES string of the molecule is CCCCN(CC(N)=O)C(=O)c1cc2cc(C)ccc2nc1C. The van der Waals surface area contributed by atoms with Gasteiger partial charge in [-0.1, -0.05) is 25.0 Å². The van der Waals surface area contributed by atoms with E-state index in [0.29, 0.717) is 17.8 Å². The molecule has 0 bridgehead atoms. The summed E-state index contributed by atoms with van der Waals surface area (Å²) in [6, 6.07) is 7.80. The summed E-state index contributed by atoms with van der Waals surface area (Å²) in [6.45, 7) is 6.31. The van der Waals surface area contributed by atoms with Gasteiger partial charge in [-0.2, -0.15) is 0 Å². The quantitative estimate of drug-likeness (QED) is 0.890. The minimum Gasteiger partial charge on any atom is -0.368 e. The second-order valence-electron chi connectivity index (χ2n) is 5.86. The molecule has 2 N–H and O–H groups in total. The summed E-state index contributed by atoms with van der Waals surface area (Å²) in [7, 11) is 0. The van der Waals surface area contributed by atoms with Crippen molar-refractivity contribution in [3.05, 3.63) is 41.1 Å². The molecule has 0 aliphatic rings. The highest BCUT2D eigenvalue weighted by Gasteiger charge is 2.20. The maximum absolute atomic E-state index is 12.8. The Morgan fingerprint density at radius 2 is 1.96 bits per heavy atom. The molecular formula is C18H23N3O2. The van der Waals surface area contributed by atoms with Crippen molar-refractivity contribution in [2.45, 2.75) is 33.6 Å². The normalized spacial score (nSPS) is 10.7. The molecule has 5 nitrogen and oxygen atoms in total. The standard InChI is InChI=1S/C18H23N3O2/c1-4-5-8-21(11-17(19)22)18(23)15-10-14-9-12(2)6-7-16(14)20-13(15)3/h6-7,9-10H,4-5,8,11H2,1-3H3,(H2,19,22). The van der Waals surface area contributed by atoms with Crippen molar-refractivity contribution >= 4 is 22.7 Å². The van der Waals surface area contributed by atoms with Gasteiger partial charge in [-0.3, -0.25) is 14.6 Å². The molecule has 0 aliphatic heterocycles. The predicted octanol–water partition coefficient (Wildman–Crippen LogP) is 2.58. The Balaban J connectivity index is 2.40. The fourth-order valence-electron chi connectivity index (χ4n) is 2.57. The topological polar surface area (TPSA) is 76.3 Å². The number of carbonyl (C=O) groups excluding carboxylic acids is 2. The van der Waals surface area contributed by atoms with Crippen molar-refractivity contribution in [2.24, 2.45) is 5.73 Å². The molecule has 0 saturated carbocycles. The molecule has 0 atom stereocenters. The highest BCUT2D eigenvalue weighted by Crippen LogP contribution is 2.19. The Hall–Kier alpha value is -2.43. The molecule has 1 aromatic heterocycles. The number of hydrogen-bond donors (Lipinski definition) is 1. The van der Waals surface area contributed by atoms with Gasteiger partial charge in [-0.15, -0.1) is 0 Å². The van der Waals surface area contributed by atoms with Gasteiger partial charge in [0.2, 0.25) is 5.91 Å². The monoisotopic (exact) mass is 313 g/mol. The lowest BCUT2D eigenvalue weighted by Crippen LogP contribution is -2.39. The van der Waals surface area contributed by atoms with Gasteiger partial charge in [-0.25, -0.2) is 0 Å². The predicted molar refractivity (Wildman–Crippen MR) is 91.2 cm³/mol. The van der Waals surface area contributed by atoms with E-state index in [4.69, 9.17) is 5.73 Å². The molecule has 2 amide bonds.